The summed E-state index contributed by atoms with van der Waals surface area (Å²) in [4.78, 5) is 5.17. The average Bonchev–Trinajstić information content (AvgIpc) is 2.25. The van der Waals surface area contributed by atoms with Crippen LogP contribution in [0.5, 0.6) is 0 Å². The molecule has 1 heterocycles. The molecule has 0 aromatic carbocycles. The minimum Gasteiger partial charge on any atom is -0.305 e. The Morgan fingerprint density at radius 1 is 1.13 bits per heavy atom. The molecule has 2 nitrogen and oxygen atoms in total. The maximum atomic E-state index is 2.68. The molecule has 0 amide bonds. The Bertz CT molecular complexity index is 193. The lowest BCUT2D eigenvalue weighted by molar-refractivity contribution is 0.0672. The predicted molar refractivity (Wildman–Crippen MR) is 67.2 cm³/mol. The Labute approximate surface area is 95.6 Å². The maximum Gasteiger partial charge on any atom is 0.0274 e. The second kappa shape index (κ2) is 4.84. The first-order valence-corrected chi connectivity index (χ1v) is 6.26. The molecule has 0 radical (unpaired) electrons. The highest BCUT2D eigenvalue weighted by atomic mass is 15.3. The fourth-order valence-corrected chi connectivity index (χ4v) is 2.56. The van der Waals surface area contributed by atoms with Crippen molar-refractivity contribution in [1.29, 1.82) is 0 Å². The van der Waals surface area contributed by atoms with Gasteiger partial charge in [-0.2, -0.15) is 0 Å². The lowest BCUT2D eigenvalue weighted by atomic mass is 9.85. The van der Waals surface area contributed by atoms with Crippen LogP contribution in [0.1, 0.15) is 41.0 Å². The van der Waals surface area contributed by atoms with E-state index in [-0.39, 0.29) is 0 Å². The van der Waals surface area contributed by atoms with E-state index in [9.17, 15) is 0 Å². The first-order valence-electron chi connectivity index (χ1n) is 6.26. The van der Waals surface area contributed by atoms with E-state index in [0.717, 1.165) is 0 Å². The standard InChI is InChI=1S/C13H28N2/c1-11(2)15-9-7-8-14(6)10-12(15)13(3,4)5/h11-12H,7-10H2,1-6H3/t12-/m1/s1. The Balaban J connectivity index is 2.82. The van der Waals surface area contributed by atoms with E-state index in [1.165, 1.54) is 26.1 Å². The molecule has 90 valence electrons. The van der Waals surface area contributed by atoms with Crippen LogP contribution in [0.4, 0.5) is 0 Å². The van der Waals surface area contributed by atoms with Crippen LogP contribution in [0.25, 0.3) is 0 Å². The van der Waals surface area contributed by atoms with Crippen LogP contribution in [0.15, 0.2) is 0 Å². The Morgan fingerprint density at radius 3 is 2.20 bits per heavy atom. The van der Waals surface area contributed by atoms with Crippen molar-refractivity contribution in [3.8, 4) is 0 Å². The first kappa shape index (κ1) is 13.0. The molecule has 0 aliphatic carbocycles. The molecular formula is C13H28N2. The van der Waals surface area contributed by atoms with Crippen molar-refractivity contribution < 1.29 is 0 Å². The SMILES string of the molecule is CC(C)N1CCCN(C)C[C@@H]1C(C)(C)C. The highest BCUT2D eigenvalue weighted by Crippen LogP contribution is 2.28. The summed E-state index contributed by atoms with van der Waals surface area (Å²) in [5.41, 5.74) is 0.378. The molecule has 0 aromatic heterocycles. The Kier molecular flexibility index (Phi) is 4.19. The third kappa shape index (κ3) is 3.46. The van der Waals surface area contributed by atoms with Gasteiger partial charge in [-0.1, -0.05) is 20.8 Å². The third-order valence-corrected chi connectivity index (χ3v) is 3.50. The van der Waals surface area contributed by atoms with Gasteiger partial charge in [0.25, 0.3) is 0 Å². The highest BCUT2D eigenvalue weighted by Gasteiger charge is 2.33. The van der Waals surface area contributed by atoms with Crippen molar-refractivity contribution in [2.45, 2.75) is 53.1 Å². The summed E-state index contributed by atoms with van der Waals surface area (Å²) >= 11 is 0. The molecular weight excluding hydrogens is 184 g/mol. The molecule has 15 heavy (non-hydrogen) atoms. The van der Waals surface area contributed by atoms with Crippen molar-refractivity contribution in [2.75, 3.05) is 26.7 Å². The number of rotatable bonds is 1. The van der Waals surface area contributed by atoms with Crippen molar-refractivity contribution >= 4 is 0 Å². The fraction of sp³-hybridized carbons (Fsp3) is 1.00. The summed E-state index contributed by atoms with van der Waals surface area (Å²) in [6.45, 7) is 15.5. The van der Waals surface area contributed by atoms with Gasteiger partial charge in [0, 0.05) is 18.6 Å². The van der Waals surface area contributed by atoms with Gasteiger partial charge in [0.2, 0.25) is 0 Å². The fourth-order valence-electron chi connectivity index (χ4n) is 2.56. The number of likely N-dealkylation sites (N-methyl/N-ethyl adjacent to an activating group) is 1. The van der Waals surface area contributed by atoms with Crippen molar-refractivity contribution in [2.24, 2.45) is 5.41 Å². The second-order valence-electron chi connectivity index (χ2n) is 6.33. The minimum atomic E-state index is 0.378. The van der Waals surface area contributed by atoms with Gasteiger partial charge >= 0.3 is 0 Å². The molecule has 1 aliphatic heterocycles. The molecule has 2 heteroatoms. The quantitative estimate of drug-likeness (QED) is 0.659. The zero-order chi connectivity index (χ0) is 11.6. The summed E-state index contributed by atoms with van der Waals surface area (Å²) in [6.07, 6.45) is 1.31. The molecule has 1 atom stereocenters. The van der Waals surface area contributed by atoms with E-state index < -0.39 is 0 Å². The molecule has 1 fully saturated rings. The number of nitrogens with zero attached hydrogens (tertiary/aromatic N) is 2. The summed E-state index contributed by atoms with van der Waals surface area (Å²) in [5.74, 6) is 0. The highest BCUT2D eigenvalue weighted by molar-refractivity contribution is 4.89. The van der Waals surface area contributed by atoms with Gasteiger partial charge in [-0.3, -0.25) is 4.90 Å². The van der Waals surface area contributed by atoms with Gasteiger partial charge in [0.1, 0.15) is 0 Å². The third-order valence-electron chi connectivity index (χ3n) is 3.50. The Hall–Kier alpha value is -0.0800. The van der Waals surface area contributed by atoms with E-state index in [2.05, 4.69) is 51.5 Å². The lowest BCUT2D eigenvalue weighted by Gasteiger charge is -2.42. The largest absolute Gasteiger partial charge is 0.305 e. The molecule has 0 N–H and O–H groups in total. The van der Waals surface area contributed by atoms with Gasteiger partial charge < -0.3 is 4.90 Å². The van der Waals surface area contributed by atoms with Gasteiger partial charge in [-0.15, -0.1) is 0 Å². The van der Waals surface area contributed by atoms with Gasteiger partial charge in [0.15, 0.2) is 0 Å². The molecule has 0 aromatic rings. The van der Waals surface area contributed by atoms with E-state index in [0.29, 0.717) is 17.5 Å². The van der Waals surface area contributed by atoms with Gasteiger partial charge in [-0.25, -0.2) is 0 Å². The van der Waals surface area contributed by atoms with Crippen LogP contribution >= 0.6 is 0 Å². The van der Waals surface area contributed by atoms with Crippen LogP contribution in [0.2, 0.25) is 0 Å². The zero-order valence-corrected chi connectivity index (χ0v) is 11.4. The van der Waals surface area contributed by atoms with Crippen LogP contribution < -0.4 is 0 Å². The lowest BCUT2D eigenvalue weighted by Crippen LogP contribution is -2.51. The van der Waals surface area contributed by atoms with Crippen LogP contribution in [-0.2, 0) is 0 Å². The van der Waals surface area contributed by atoms with Crippen molar-refractivity contribution in [1.82, 2.24) is 9.80 Å². The van der Waals surface area contributed by atoms with E-state index in [4.69, 9.17) is 0 Å². The van der Waals surface area contributed by atoms with Crippen molar-refractivity contribution in [3.05, 3.63) is 0 Å². The molecule has 1 rings (SSSR count). The summed E-state index contributed by atoms with van der Waals surface area (Å²) in [7, 11) is 2.25. The van der Waals surface area contributed by atoms with Gasteiger partial charge in [-0.05, 0) is 45.8 Å². The topological polar surface area (TPSA) is 6.48 Å². The van der Waals surface area contributed by atoms with Crippen molar-refractivity contribution in [3.63, 3.8) is 0 Å². The molecule has 1 aliphatic rings. The minimum absolute atomic E-state index is 0.378. The van der Waals surface area contributed by atoms with E-state index in [1.807, 2.05) is 0 Å². The number of hydrogen-bond donors (Lipinski definition) is 0. The average molecular weight is 212 g/mol. The predicted octanol–water partition coefficient (Wildman–Crippen LogP) is 2.45. The smallest absolute Gasteiger partial charge is 0.0274 e. The number of hydrogen-bond acceptors (Lipinski definition) is 2. The Morgan fingerprint density at radius 2 is 1.73 bits per heavy atom. The molecule has 1 saturated heterocycles. The maximum absolute atomic E-state index is 2.68. The normalized spacial score (nSPS) is 27.0. The summed E-state index contributed by atoms with van der Waals surface area (Å²) in [5, 5.41) is 0. The summed E-state index contributed by atoms with van der Waals surface area (Å²) in [6, 6.07) is 1.35. The van der Waals surface area contributed by atoms with E-state index >= 15 is 0 Å². The summed E-state index contributed by atoms with van der Waals surface area (Å²) < 4.78 is 0. The van der Waals surface area contributed by atoms with Crippen LogP contribution in [0.3, 0.4) is 0 Å². The monoisotopic (exact) mass is 212 g/mol. The van der Waals surface area contributed by atoms with Gasteiger partial charge in [0.05, 0.1) is 0 Å². The molecule has 0 unspecified atom stereocenters. The second-order valence-corrected chi connectivity index (χ2v) is 6.33. The molecule has 0 saturated carbocycles. The zero-order valence-electron chi connectivity index (χ0n) is 11.4. The van der Waals surface area contributed by atoms with Crippen LogP contribution in [0, 0.1) is 5.41 Å². The van der Waals surface area contributed by atoms with E-state index in [1.54, 1.807) is 0 Å². The van der Waals surface area contributed by atoms with Crippen LogP contribution in [-0.4, -0.2) is 48.6 Å². The molecule has 0 spiro atoms. The molecule has 0 bridgehead atoms. The first-order chi connectivity index (χ1) is 6.82.